The number of ether oxygens (including phenoxy) is 1. The van der Waals surface area contributed by atoms with Gasteiger partial charge in [-0.1, -0.05) is 6.92 Å². The van der Waals surface area contributed by atoms with Crippen LogP contribution in [0, 0.1) is 0 Å². The summed E-state index contributed by atoms with van der Waals surface area (Å²) >= 11 is 0. The van der Waals surface area contributed by atoms with Crippen molar-refractivity contribution in [2.75, 3.05) is 53.4 Å². The number of methoxy groups -OCH3 is 1. The zero-order valence-corrected chi connectivity index (χ0v) is 12.2. The number of rotatable bonds is 5. The summed E-state index contributed by atoms with van der Waals surface area (Å²) in [6, 6.07) is 0. The van der Waals surface area contributed by atoms with E-state index in [0.29, 0.717) is 6.54 Å². The molecule has 5 heteroatoms. The first-order valence-electron chi connectivity index (χ1n) is 6.76. The van der Waals surface area contributed by atoms with E-state index in [1.807, 2.05) is 13.8 Å². The van der Waals surface area contributed by atoms with E-state index in [-0.39, 0.29) is 5.97 Å². The van der Waals surface area contributed by atoms with Gasteiger partial charge in [0.2, 0.25) is 0 Å². The first-order chi connectivity index (χ1) is 8.51. The van der Waals surface area contributed by atoms with Crippen molar-refractivity contribution in [1.82, 2.24) is 15.1 Å². The molecule has 0 aromatic carbocycles. The highest BCUT2D eigenvalue weighted by molar-refractivity contribution is 5.80. The van der Waals surface area contributed by atoms with E-state index in [9.17, 15) is 4.79 Å². The molecule has 1 aliphatic rings. The lowest BCUT2D eigenvalue weighted by atomic mass is 10.0. The van der Waals surface area contributed by atoms with Crippen molar-refractivity contribution in [2.24, 2.45) is 0 Å². The van der Waals surface area contributed by atoms with Crippen LogP contribution >= 0.6 is 0 Å². The van der Waals surface area contributed by atoms with Crippen molar-refractivity contribution in [2.45, 2.75) is 25.8 Å². The van der Waals surface area contributed by atoms with Gasteiger partial charge in [-0.25, -0.2) is 0 Å². The van der Waals surface area contributed by atoms with Crippen LogP contribution in [-0.4, -0.2) is 74.7 Å². The lowest BCUT2D eigenvalue weighted by Crippen LogP contribution is -2.57. The van der Waals surface area contributed by atoms with Gasteiger partial charge in [-0.2, -0.15) is 0 Å². The summed E-state index contributed by atoms with van der Waals surface area (Å²) in [5.74, 6) is -0.179. The van der Waals surface area contributed by atoms with Crippen LogP contribution in [0.5, 0.6) is 0 Å². The van der Waals surface area contributed by atoms with Gasteiger partial charge in [0.1, 0.15) is 5.54 Å². The predicted octanol–water partition coefficient (Wildman–Crippen LogP) is 0.165. The Balaban J connectivity index is 2.62. The second-order valence-corrected chi connectivity index (χ2v) is 5.29. The Kier molecular flexibility index (Phi) is 6.05. The molecule has 1 fully saturated rings. The Morgan fingerprint density at radius 1 is 1.33 bits per heavy atom. The Bertz CT molecular complexity index is 273. The summed E-state index contributed by atoms with van der Waals surface area (Å²) in [4.78, 5) is 16.6. The van der Waals surface area contributed by atoms with Gasteiger partial charge in [-0.3, -0.25) is 9.69 Å². The molecule has 0 radical (unpaired) electrons. The number of esters is 1. The van der Waals surface area contributed by atoms with Crippen molar-refractivity contribution < 1.29 is 9.53 Å². The molecule has 1 saturated heterocycles. The fourth-order valence-corrected chi connectivity index (χ4v) is 2.51. The molecule has 0 bridgehead atoms. The molecule has 0 aromatic heterocycles. The van der Waals surface area contributed by atoms with Crippen LogP contribution in [0.1, 0.15) is 20.3 Å². The van der Waals surface area contributed by atoms with Gasteiger partial charge in [0.25, 0.3) is 0 Å². The number of hydrogen-bond donors (Lipinski definition) is 1. The van der Waals surface area contributed by atoms with E-state index in [1.54, 1.807) is 0 Å². The molecule has 5 nitrogen and oxygen atoms in total. The van der Waals surface area contributed by atoms with Crippen LogP contribution in [0.3, 0.4) is 0 Å². The molecule has 106 valence electrons. The third-order valence-corrected chi connectivity index (χ3v) is 3.55. The number of hydrogen-bond acceptors (Lipinski definition) is 5. The lowest BCUT2D eigenvalue weighted by molar-refractivity contribution is -0.148. The van der Waals surface area contributed by atoms with Gasteiger partial charge in [0.15, 0.2) is 0 Å². The Hall–Kier alpha value is -0.650. The fourth-order valence-electron chi connectivity index (χ4n) is 2.51. The molecule has 0 saturated carbocycles. The van der Waals surface area contributed by atoms with Crippen LogP contribution in [0.4, 0.5) is 0 Å². The van der Waals surface area contributed by atoms with Crippen molar-refractivity contribution >= 4 is 5.97 Å². The first-order valence-corrected chi connectivity index (χ1v) is 6.76. The van der Waals surface area contributed by atoms with Crippen LogP contribution in [-0.2, 0) is 9.53 Å². The van der Waals surface area contributed by atoms with E-state index < -0.39 is 5.54 Å². The normalized spacial score (nSPS) is 22.2. The standard InChI is InChI=1S/C13H27N3O2/c1-5-14-13(2,12(17)18-4)11-16-8-6-7-15(3)9-10-16/h14H,5-11H2,1-4H3. The zero-order valence-electron chi connectivity index (χ0n) is 12.2. The second kappa shape index (κ2) is 7.07. The number of carbonyl (C=O) groups is 1. The molecule has 1 N–H and O–H groups in total. The van der Waals surface area contributed by atoms with E-state index in [2.05, 4.69) is 22.2 Å². The summed E-state index contributed by atoms with van der Waals surface area (Å²) in [6.07, 6.45) is 1.15. The molecule has 18 heavy (non-hydrogen) atoms. The molecule has 1 unspecified atom stereocenters. The molecule has 0 amide bonds. The van der Waals surface area contributed by atoms with Gasteiger partial charge >= 0.3 is 5.97 Å². The highest BCUT2D eigenvalue weighted by Crippen LogP contribution is 2.11. The van der Waals surface area contributed by atoms with Gasteiger partial charge < -0.3 is 15.0 Å². The molecule has 1 heterocycles. The Morgan fingerprint density at radius 2 is 2.06 bits per heavy atom. The van der Waals surface area contributed by atoms with E-state index >= 15 is 0 Å². The van der Waals surface area contributed by atoms with Crippen LogP contribution in [0.25, 0.3) is 0 Å². The molecule has 0 spiro atoms. The number of carbonyl (C=O) groups excluding carboxylic acids is 1. The average Bonchev–Trinajstić information content (AvgIpc) is 2.53. The highest BCUT2D eigenvalue weighted by atomic mass is 16.5. The second-order valence-electron chi connectivity index (χ2n) is 5.29. The Labute approximate surface area is 110 Å². The van der Waals surface area contributed by atoms with Crippen molar-refractivity contribution in [1.29, 1.82) is 0 Å². The smallest absolute Gasteiger partial charge is 0.327 e. The van der Waals surface area contributed by atoms with Crippen LogP contribution in [0.2, 0.25) is 0 Å². The van der Waals surface area contributed by atoms with E-state index in [1.165, 1.54) is 7.11 Å². The number of nitrogens with one attached hydrogen (secondary N) is 1. The SMILES string of the molecule is CCNC(C)(CN1CCCN(C)CC1)C(=O)OC. The molecular formula is C13H27N3O2. The lowest BCUT2D eigenvalue weighted by Gasteiger charge is -2.33. The average molecular weight is 257 g/mol. The number of nitrogens with zero attached hydrogens (tertiary/aromatic N) is 2. The Morgan fingerprint density at radius 3 is 2.67 bits per heavy atom. The van der Waals surface area contributed by atoms with Crippen molar-refractivity contribution in [3.63, 3.8) is 0 Å². The van der Waals surface area contributed by atoms with Crippen molar-refractivity contribution in [3.05, 3.63) is 0 Å². The third kappa shape index (κ3) is 4.23. The van der Waals surface area contributed by atoms with Crippen LogP contribution < -0.4 is 5.32 Å². The quantitative estimate of drug-likeness (QED) is 0.711. The molecule has 0 aliphatic carbocycles. The molecule has 1 rings (SSSR count). The van der Waals surface area contributed by atoms with Gasteiger partial charge in [0.05, 0.1) is 7.11 Å². The van der Waals surface area contributed by atoms with E-state index in [4.69, 9.17) is 4.74 Å². The highest BCUT2D eigenvalue weighted by Gasteiger charge is 2.35. The molecule has 0 aromatic rings. The third-order valence-electron chi connectivity index (χ3n) is 3.55. The largest absolute Gasteiger partial charge is 0.468 e. The van der Waals surface area contributed by atoms with Crippen molar-refractivity contribution in [3.8, 4) is 0 Å². The molecule has 1 aliphatic heterocycles. The first kappa shape index (κ1) is 15.4. The minimum absolute atomic E-state index is 0.179. The van der Waals surface area contributed by atoms with Crippen LogP contribution in [0.15, 0.2) is 0 Å². The van der Waals surface area contributed by atoms with Gasteiger partial charge in [0, 0.05) is 19.6 Å². The summed E-state index contributed by atoms with van der Waals surface area (Å²) in [6.45, 7) is 9.65. The summed E-state index contributed by atoms with van der Waals surface area (Å²) in [5.41, 5.74) is -0.605. The molecular weight excluding hydrogens is 230 g/mol. The predicted molar refractivity (Wildman–Crippen MR) is 72.7 cm³/mol. The van der Waals surface area contributed by atoms with E-state index in [0.717, 1.165) is 39.1 Å². The van der Waals surface area contributed by atoms with Gasteiger partial charge in [-0.15, -0.1) is 0 Å². The monoisotopic (exact) mass is 257 g/mol. The summed E-state index contributed by atoms with van der Waals surface area (Å²) in [5, 5.41) is 3.26. The van der Waals surface area contributed by atoms with Gasteiger partial charge in [-0.05, 0) is 40.0 Å². The number of likely N-dealkylation sites (N-methyl/N-ethyl adjacent to an activating group) is 2. The molecule has 1 atom stereocenters. The minimum Gasteiger partial charge on any atom is -0.468 e. The maximum atomic E-state index is 11.9. The fraction of sp³-hybridized carbons (Fsp3) is 0.923. The minimum atomic E-state index is -0.605. The maximum Gasteiger partial charge on any atom is 0.327 e. The maximum absolute atomic E-state index is 11.9. The zero-order chi connectivity index (χ0) is 13.6. The summed E-state index contributed by atoms with van der Waals surface area (Å²) < 4.78 is 4.92. The summed E-state index contributed by atoms with van der Waals surface area (Å²) in [7, 11) is 3.60. The topological polar surface area (TPSA) is 44.8 Å².